The molecular formula is C25H34N6O4S. The molecule has 0 atom stereocenters. The quantitative estimate of drug-likeness (QED) is 0.136. The van der Waals surface area contributed by atoms with Gasteiger partial charge in [-0.25, -0.2) is 14.6 Å². The molecule has 0 aliphatic carbocycles. The Bertz CT molecular complexity index is 1170. The third kappa shape index (κ3) is 7.59. The molecule has 194 valence electrons. The number of amides is 1. The number of carbonyl (C=O) groups is 1. The van der Waals surface area contributed by atoms with Crippen molar-refractivity contribution in [1.29, 1.82) is 0 Å². The maximum absolute atomic E-state index is 12.3. The summed E-state index contributed by atoms with van der Waals surface area (Å²) in [7, 11) is 3.16. The average Bonchev–Trinajstić information content (AvgIpc) is 3.31. The fraction of sp³-hybridized carbons (Fsp3) is 0.440. The SMILES string of the molecule is CCCSc1nc(NCCOCC)c2cnn(CCNC(=O)/C=C\c3ccc(OC)c(OC)c3)c2n1. The van der Waals surface area contributed by atoms with Crippen molar-refractivity contribution in [2.45, 2.75) is 32.0 Å². The summed E-state index contributed by atoms with van der Waals surface area (Å²) in [6, 6.07) is 5.47. The number of thioether (sulfide) groups is 1. The van der Waals surface area contributed by atoms with E-state index >= 15 is 0 Å². The Morgan fingerprint density at radius 3 is 2.72 bits per heavy atom. The van der Waals surface area contributed by atoms with Gasteiger partial charge in [-0.15, -0.1) is 0 Å². The summed E-state index contributed by atoms with van der Waals surface area (Å²) < 4.78 is 17.8. The second kappa shape index (κ2) is 14.3. The number of carbonyl (C=O) groups excluding carboxylic acids is 1. The molecule has 0 aliphatic rings. The summed E-state index contributed by atoms with van der Waals surface area (Å²) in [6.45, 7) is 6.89. The number of hydrogen-bond donors (Lipinski definition) is 2. The Hall–Kier alpha value is -3.31. The van der Waals surface area contributed by atoms with Crippen LogP contribution in [-0.2, 0) is 16.1 Å². The zero-order valence-corrected chi connectivity index (χ0v) is 22.1. The van der Waals surface area contributed by atoms with E-state index in [0.29, 0.717) is 49.5 Å². The highest BCUT2D eigenvalue weighted by atomic mass is 32.2. The summed E-state index contributed by atoms with van der Waals surface area (Å²) in [6.07, 6.45) is 6.00. The highest BCUT2D eigenvalue weighted by Crippen LogP contribution is 2.28. The predicted octanol–water partition coefficient (Wildman–Crippen LogP) is 3.62. The standard InChI is InChI=1S/C25H34N6O4S/c1-5-15-36-25-29-23(27-12-14-35-6-2)19-17-28-31(24(19)30-25)13-11-26-22(32)10-8-18-7-9-20(33-3)21(16-18)34-4/h7-10,16-17H,5-6,11-15H2,1-4H3,(H,26,32)(H,27,29,30)/b10-8-. The highest BCUT2D eigenvalue weighted by molar-refractivity contribution is 7.99. The minimum absolute atomic E-state index is 0.201. The molecule has 10 nitrogen and oxygen atoms in total. The molecule has 0 unspecified atom stereocenters. The van der Waals surface area contributed by atoms with Gasteiger partial charge in [0.15, 0.2) is 22.3 Å². The largest absolute Gasteiger partial charge is 0.493 e. The van der Waals surface area contributed by atoms with Crippen molar-refractivity contribution in [3.8, 4) is 11.5 Å². The van der Waals surface area contributed by atoms with Gasteiger partial charge in [0, 0.05) is 31.5 Å². The minimum Gasteiger partial charge on any atom is -0.493 e. The fourth-order valence-electron chi connectivity index (χ4n) is 3.35. The van der Waals surface area contributed by atoms with E-state index in [1.165, 1.54) is 6.08 Å². The zero-order chi connectivity index (χ0) is 25.8. The van der Waals surface area contributed by atoms with Crippen molar-refractivity contribution in [3.63, 3.8) is 0 Å². The van der Waals surface area contributed by atoms with E-state index in [2.05, 4.69) is 27.6 Å². The Kier molecular flexibility index (Phi) is 10.8. The van der Waals surface area contributed by atoms with Gasteiger partial charge in [-0.2, -0.15) is 5.10 Å². The van der Waals surface area contributed by atoms with Crippen LogP contribution < -0.4 is 20.1 Å². The number of nitrogens with one attached hydrogen (secondary N) is 2. The van der Waals surface area contributed by atoms with Gasteiger partial charge in [-0.1, -0.05) is 24.8 Å². The van der Waals surface area contributed by atoms with E-state index in [0.717, 1.165) is 34.6 Å². The number of nitrogens with zero attached hydrogens (tertiary/aromatic N) is 4. The van der Waals surface area contributed by atoms with Crippen molar-refractivity contribution in [3.05, 3.63) is 36.0 Å². The topological polar surface area (TPSA) is 112 Å². The molecule has 11 heteroatoms. The summed E-state index contributed by atoms with van der Waals surface area (Å²) >= 11 is 1.61. The number of ether oxygens (including phenoxy) is 3. The van der Waals surface area contributed by atoms with E-state index in [4.69, 9.17) is 19.2 Å². The number of benzene rings is 1. The van der Waals surface area contributed by atoms with Crippen LogP contribution in [0.3, 0.4) is 0 Å². The first-order valence-electron chi connectivity index (χ1n) is 12.0. The molecule has 0 saturated heterocycles. The molecule has 0 spiro atoms. The third-order valence-electron chi connectivity index (χ3n) is 5.11. The highest BCUT2D eigenvalue weighted by Gasteiger charge is 2.13. The van der Waals surface area contributed by atoms with Crippen LogP contribution in [0.1, 0.15) is 25.8 Å². The van der Waals surface area contributed by atoms with Gasteiger partial charge in [-0.05, 0) is 37.1 Å². The van der Waals surface area contributed by atoms with Gasteiger partial charge in [0.25, 0.3) is 0 Å². The van der Waals surface area contributed by atoms with Crippen LogP contribution in [0.4, 0.5) is 5.82 Å². The molecule has 3 rings (SSSR count). The van der Waals surface area contributed by atoms with Crippen LogP contribution in [0, 0.1) is 0 Å². The number of anilines is 1. The Morgan fingerprint density at radius 2 is 1.97 bits per heavy atom. The van der Waals surface area contributed by atoms with Gasteiger partial charge in [0.2, 0.25) is 5.91 Å². The van der Waals surface area contributed by atoms with E-state index < -0.39 is 0 Å². The van der Waals surface area contributed by atoms with Crippen LogP contribution >= 0.6 is 11.8 Å². The minimum atomic E-state index is -0.201. The van der Waals surface area contributed by atoms with Crippen LogP contribution in [0.2, 0.25) is 0 Å². The van der Waals surface area contributed by atoms with E-state index in [9.17, 15) is 4.79 Å². The monoisotopic (exact) mass is 514 g/mol. The lowest BCUT2D eigenvalue weighted by molar-refractivity contribution is -0.116. The number of methoxy groups -OCH3 is 2. The normalized spacial score (nSPS) is 11.2. The van der Waals surface area contributed by atoms with Gasteiger partial charge in [0.05, 0.1) is 39.0 Å². The average molecular weight is 515 g/mol. The molecule has 2 heterocycles. The molecular weight excluding hydrogens is 480 g/mol. The molecule has 0 aliphatic heterocycles. The van der Waals surface area contributed by atoms with E-state index in [1.807, 2.05) is 19.1 Å². The van der Waals surface area contributed by atoms with Gasteiger partial charge in [-0.3, -0.25) is 4.79 Å². The lowest BCUT2D eigenvalue weighted by Gasteiger charge is -2.10. The Labute approximate surface area is 215 Å². The fourth-order valence-corrected chi connectivity index (χ4v) is 4.04. The molecule has 1 amide bonds. The van der Waals surface area contributed by atoms with Crippen LogP contribution in [0.15, 0.2) is 35.6 Å². The first-order chi connectivity index (χ1) is 17.6. The number of rotatable bonds is 15. The predicted molar refractivity (Wildman–Crippen MR) is 143 cm³/mol. The summed E-state index contributed by atoms with van der Waals surface area (Å²) in [5, 5.41) is 12.3. The second-order valence-corrected chi connectivity index (χ2v) is 8.73. The Morgan fingerprint density at radius 1 is 1.14 bits per heavy atom. The lowest BCUT2D eigenvalue weighted by Crippen LogP contribution is -2.25. The second-order valence-electron chi connectivity index (χ2n) is 7.67. The summed E-state index contributed by atoms with van der Waals surface area (Å²) in [4.78, 5) is 21.7. The number of aromatic nitrogens is 4. The van der Waals surface area contributed by atoms with Crippen molar-refractivity contribution in [2.24, 2.45) is 0 Å². The summed E-state index contributed by atoms with van der Waals surface area (Å²) in [5.74, 6) is 2.72. The number of fused-ring (bicyclic) bond motifs is 1. The van der Waals surface area contributed by atoms with Gasteiger partial charge < -0.3 is 24.8 Å². The third-order valence-corrected chi connectivity index (χ3v) is 6.16. The molecule has 0 fully saturated rings. The Balaban J connectivity index is 1.63. The first-order valence-corrected chi connectivity index (χ1v) is 12.9. The molecule has 36 heavy (non-hydrogen) atoms. The molecule has 3 aromatic rings. The van der Waals surface area contributed by atoms with Crippen molar-refractivity contribution < 1.29 is 19.0 Å². The van der Waals surface area contributed by atoms with Crippen LogP contribution in [-0.4, -0.2) is 71.9 Å². The van der Waals surface area contributed by atoms with E-state index in [-0.39, 0.29) is 5.91 Å². The van der Waals surface area contributed by atoms with Crippen LogP contribution in [0.25, 0.3) is 17.1 Å². The van der Waals surface area contributed by atoms with E-state index in [1.54, 1.807) is 49.0 Å². The lowest BCUT2D eigenvalue weighted by atomic mass is 10.2. The molecule has 0 bridgehead atoms. The first kappa shape index (κ1) is 27.3. The van der Waals surface area contributed by atoms with Gasteiger partial charge >= 0.3 is 0 Å². The molecule has 1 aromatic carbocycles. The van der Waals surface area contributed by atoms with Crippen molar-refractivity contribution in [1.82, 2.24) is 25.1 Å². The maximum atomic E-state index is 12.3. The zero-order valence-electron chi connectivity index (χ0n) is 21.2. The smallest absolute Gasteiger partial charge is 0.244 e. The van der Waals surface area contributed by atoms with Crippen LogP contribution in [0.5, 0.6) is 11.5 Å². The molecule has 2 aromatic heterocycles. The van der Waals surface area contributed by atoms with Gasteiger partial charge in [0.1, 0.15) is 5.82 Å². The van der Waals surface area contributed by atoms with Crippen molar-refractivity contribution >= 4 is 40.6 Å². The molecule has 0 radical (unpaired) electrons. The molecule has 2 N–H and O–H groups in total. The van der Waals surface area contributed by atoms with Crippen molar-refractivity contribution in [2.75, 3.05) is 51.6 Å². The summed E-state index contributed by atoms with van der Waals surface area (Å²) in [5.41, 5.74) is 1.57. The number of hydrogen-bond acceptors (Lipinski definition) is 9. The molecule has 0 saturated carbocycles. The maximum Gasteiger partial charge on any atom is 0.244 e.